The predicted octanol–water partition coefficient (Wildman–Crippen LogP) is 2.51. The summed E-state index contributed by atoms with van der Waals surface area (Å²) in [5, 5.41) is 0. The largest absolute Gasteiger partial charge is 2.00 e. The van der Waals surface area contributed by atoms with Crippen LogP contribution < -0.4 is 0 Å². The number of halogens is 1. The normalized spacial score (nSPS) is 7.67. The fourth-order valence-corrected chi connectivity index (χ4v) is 1.80. The molecule has 0 spiro atoms. The second kappa shape index (κ2) is 8.43. The maximum Gasteiger partial charge on any atom is 2.00 e. The fourth-order valence-electron chi connectivity index (χ4n) is 0.458. The number of thiazole rings is 1. The van der Waals surface area contributed by atoms with Crippen LogP contribution in [0.25, 0.3) is 0 Å². The quantitative estimate of drug-likeness (QED) is 0.589. The summed E-state index contributed by atoms with van der Waals surface area (Å²) in [6, 6.07) is 0. The molecule has 0 aliphatic rings. The number of nitrogens with zero attached hydrogens (tertiary/aromatic N) is 1. The van der Waals surface area contributed by atoms with Gasteiger partial charge in [0.15, 0.2) is 0 Å². The Morgan fingerprint density at radius 3 is 2.25 bits per heavy atom. The van der Waals surface area contributed by atoms with Gasteiger partial charge in [-0.25, -0.2) is 0 Å². The molecule has 0 radical (unpaired) electrons. The maximum atomic E-state index is 10.1. The molecule has 0 N–H and O–H groups in total. The monoisotopic (exact) mass is 471 g/mol. The molecule has 1 aromatic heterocycles. The van der Waals surface area contributed by atoms with Crippen LogP contribution in [0.5, 0.6) is 0 Å². The summed E-state index contributed by atoms with van der Waals surface area (Å²) in [4.78, 5) is 14.6. The van der Waals surface area contributed by atoms with Crippen LogP contribution in [0.1, 0.15) is 17.5 Å². The third kappa shape index (κ3) is 4.76. The second-order valence-electron chi connectivity index (χ2n) is 1.48. The predicted molar refractivity (Wildman–Crippen MR) is 50.4 cm³/mol. The van der Waals surface area contributed by atoms with Crippen LogP contribution in [0.15, 0.2) is 3.92 Å². The van der Waals surface area contributed by atoms with Crippen LogP contribution in [0.2, 0.25) is 0 Å². The molecule has 0 aromatic carbocycles. The van der Waals surface area contributed by atoms with Crippen molar-refractivity contribution < 1.29 is 35.9 Å². The Labute approximate surface area is 109 Å². The van der Waals surface area contributed by atoms with Crippen LogP contribution in [0.3, 0.4) is 0 Å². The molecular weight excluding hydrogens is 464 g/mol. The molecule has 0 aliphatic carbocycles. The average Bonchev–Trinajstić information content (AvgIpc) is 2.33. The zero-order valence-electron chi connectivity index (χ0n) is 6.85. The van der Waals surface area contributed by atoms with Crippen molar-refractivity contribution in [3.05, 3.63) is 21.4 Å². The van der Waals surface area contributed by atoms with Gasteiger partial charge in [0.25, 0.3) is 0 Å². The Hall–Kier alpha value is 0.832. The van der Waals surface area contributed by atoms with E-state index in [0.717, 1.165) is 9.61 Å². The minimum absolute atomic E-state index is 0. The summed E-state index contributed by atoms with van der Waals surface area (Å²) in [6.45, 7) is 6.78. The number of carbonyl (C=O) groups excluding carboxylic acids is 1. The van der Waals surface area contributed by atoms with Gasteiger partial charge >= 0.3 is 31.1 Å². The summed E-state index contributed by atoms with van der Waals surface area (Å²) in [7, 11) is 0. The first-order chi connectivity index (χ1) is 5.24. The SMILES string of the molecule is Cc1nc(Br)sc1[C-]=O.[CH2-]C.[U+2]. The summed E-state index contributed by atoms with van der Waals surface area (Å²) in [6.07, 6.45) is 1.79. The number of aryl methyl sites for hydroxylation is 1. The van der Waals surface area contributed by atoms with E-state index in [4.69, 9.17) is 0 Å². The molecule has 1 rings (SSSR count). The van der Waals surface area contributed by atoms with Gasteiger partial charge in [-0.1, -0.05) is 17.5 Å². The molecule has 5 heteroatoms. The van der Waals surface area contributed by atoms with E-state index in [-0.39, 0.29) is 31.1 Å². The molecule has 0 saturated heterocycles. The van der Waals surface area contributed by atoms with E-state index in [1.54, 1.807) is 20.1 Å². The first kappa shape index (κ1) is 15.3. The fraction of sp³-hybridized carbons (Fsp3) is 0.286. The summed E-state index contributed by atoms with van der Waals surface area (Å²) >= 11 is 4.45. The van der Waals surface area contributed by atoms with Crippen LogP contribution in [0, 0.1) is 45.0 Å². The number of hydrogen-bond donors (Lipinski definition) is 0. The minimum Gasteiger partial charge on any atom is -0.417 e. The van der Waals surface area contributed by atoms with Gasteiger partial charge in [-0.2, -0.15) is 6.92 Å². The molecule has 1 aromatic rings. The number of aromatic nitrogens is 1. The summed E-state index contributed by atoms with van der Waals surface area (Å²) in [5.41, 5.74) is 0.738. The molecular formula is C7H8BrNOSU. The summed E-state index contributed by atoms with van der Waals surface area (Å²) < 4.78 is 0.735. The average molecular weight is 472 g/mol. The van der Waals surface area contributed by atoms with Crippen molar-refractivity contribution in [2.45, 2.75) is 13.8 Å². The second-order valence-corrected chi connectivity index (χ2v) is 3.76. The van der Waals surface area contributed by atoms with Crippen molar-refractivity contribution in [1.29, 1.82) is 0 Å². The van der Waals surface area contributed by atoms with E-state index in [1.165, 1.54) is 11.3 Å². The van der Waals surface area contributed by atoms with E-state index in [0.29, 0.717) is 4.88 Å². The molecule has 64 valence electrons. The van der Waals surface area contributed by atoms with Crippen LogP contribution in [-0.2, 0) is 4.79 Å². The molecule has 0 atom stereocenters. The van der Waals surface area contributed by atoms with E-state index in [9.17, 15) is 4.79 Å². The van der Waals surface area contributed by atoms with Crippen molar-refractivity contribution in [3.63, 3.8) is 0 Å². The van der Waals surface area contributed by atoms with Gasteiger partial charge in [-0.15, -0.1) is 11.3 Å². The first-order valence-electron chi connectivity index (χ1n) is 2.96. The molecule has 0 unspecified atom stereocenters. The van der Waals surface area contributed by atoms with Crippen molar-refractivity contribution in [2.75, 3.05) is 0 Å². The molecule has 0 saturated carbocycles. The van der Waals surface area contributed by atoms with Gasteiger partial charge in [-0.3, -0.25) is 0 Å². The Morgan fingerprint density at radius 2 is 2.08 bits per heavy atom. The summed E-state index contributed by atoms with van der Waals surface area (Å²) in [5.74, 6) is 0. The molecule has 0 fully saturated rings. The minimum atomic E-state index is 0. The van der Waals surface area contributed by atoms with Gasteiger partial charge in [0, 0.05) is 6.29 Å². The maximum absolute atomic E-state index is 10.1. The van der Waals surface area contributed by atoms with Crippen molar-refractivity contribution in [3.8, 4) is 0 Å². The molecule has 0 aliphatic heterocycles. The molecule has 1 heterocycles. The van der Waals surface area contributed by atoms with Crippen molar-refractivity contribution >= 4 is 33.6 Å². The Bertz CT molecular complexity index is 239. The van der Waals surface area contributed by atoms with E-state index in [1.807, 2.05) is 0 Å². The van der Waals surface area contributed by atoms with Gasteiger partial charge in [0.1, 0.15) is 3.92 Å². The molecule has 0 amide bonds. The molecule has 2 nitrogen and oxygen atoms in total. The zero-order valence-corrected chi connectivity index (χ0v) is 13.4. The topological polar surface area (TPSA) is 30.0 Å². The Kier molecular flexibility index (Phi) is 10.8. The molecule has 0 bridgehead atoms. The first-order valence-corrected chi connectivity index (χ1v) is 4.57. The zero-order chi connectivity index (χ0) is 8.85. The Morgan fingerprint density at radius 1 is 1.58 bits per heavy atom. The van der Waals surface area contributed by atoms with E-state index in [2.05, 4.69) is 27.8 Å². The third-order valence-corrected chi connectivity index (χ3v) is 2.37. The smallest absolute Gasteiger partial charge is 0.417 e. The van der Waals surface area contributed by atoms with Crippen LogP contribution in [0.4, 0.5) is 0 Å². The van der Waals surface area contributed by atoms with Crippen LogP contribution in [-0.4, -0.2) is 11.3 Å². The standard InChI is InChI=1S/C5H3BrNOS.C2H5.U/c1-3-4(2-8)9-5(6)7-3;1-2;/h1H3;1H2,2H3;/q2*-1;+2. The third-order valence-electron chi connectivity index (χ3n) is 0.863. The van der Waals surface area contributed by atoms with Crippen molar-refractivity contribution in [2.24, 2.45) is 0 Å². The van der Waals surface area contributed by atoms with Crippen LogP contribution >= 0.6 is 27.3 Å². The van der Waals surface area contributed by atoms with Gasteiger partial charge in [-0.05, 0) is 15.9 Å². The van der Waals surface area contributed by atoms with Gasteiger partial charge < -0.3 is 16.7 Å². The number of rotatable bonds is 1. The van der Waals surface area contributed by atoms with Gasteiger partial charge in [0.2, 0.25) is 0 Å². The van der Waals surface area contributed by atoms with E-state index < -0.39 is 0 Å². The molecule has 12 heavy (non-hydrogen) atoms. The number of hydrogen-bond acceptors (Lipinski definition) is 3. The Balaban J connectivity index is 0. The van der Waals surface area contributed by atoms with Crippen molar-refractivity contribution in [1.82, 2.24) is 4.98 Å². The van der Waals surface area contributed by atoms with Gasteiger partial charge in [0.05, 0.1) is 0 Å². The van der Waals surface area contributed by atoms with E-state index >= 15 is 0 Å².